The first-order valence-electron chi connectivity index (χ1n) is 8.87. The van der Waals surface area contributed by atoms with Gasteiger partial charge < -0.3 is 14.5 Å². The number of ether oxygens (including phenoxy) is 1. The van der Waals surface area contributed by atoms with Crippen LogP contribution in [-0.2, 0) is 24.2 Å². The summed E-state index contributed by atoms with van der Waals surface area (Å²) in [5.41, 5.74) is 1.14. The van der Waals surface area contributed by atoms with Crippen LogP contribution in [0.3, 0.4) is 0 Å². The molecule has 0 radical (unpaired) electrons. The number of hydrogen-bond acceptors (Lipinski definition) is 6. The van der Waals surface area contributed by atoms with Gasteiger partial charge in [0.25, 0.3) is 5.91 Å². The molecule has 26 heavy (non-hydrogen) atoms. The van der Waals surface area contributed by atoms with Crippen molar-refractivity contribution in [1.82, 2.24) is 4.90 Å². The van der Waals surface area contributed by atoms with E-state index in [0.717, 1.165) is 18.8 Å². The molecule has 8 heteroatoms. The van der Waals surface area contributed by atoms with Gasteiger partial charge in [0.15, 0.2) is 16.4 Å². The summed E-state index contributed by atoms with van der Waals surface area (Å²) >= 11 is 0. The minimum Gasteiger partial charge on any atom is -0.456 e. The van der Waals surface area contributed by atoms with Crippen LogP contribution >= 0.6 is 0 Å². The molecule has 2 fully saturated rings. The molecule has 1 aromatic carbocycles. The molecule has 0 aromatic heterocycles. The number of hydrogen-bond donors (Lipinski definition) is 0. The average Bonchev–Trinajstić information content (AvgIpc) is 2.99. The molecule has 0 unspecified atom stereocenters. The highest BCUT2D eigenvalue weighted by Gasteiger charge is 2.30. The van der Waals surface area contributed by atoms with Crippen molar-refractivity contribution in [3.05, 3.63) is 30.3 Å². The molecule has 2 saturated heterocycles. The maximum Gasteiger partial charge on any atom is 0.306 e. The zero-order chi connectivity index (χ0) is 18.6. The third kappa shape index (κ3) is 4.97. The monoisotopic (exact) mass is 380 g/mol. The van der Waals surface area contributed by atoms with Gasteiger partial charge in [-0.05, 0) is 24.5 Å². The van der Waals surface area contributed by atoms with Crippen molar-refractivity contribution in [1.29, 1.82) is 0 Å². The Morgan fingerprint density at radius 3 is 2.38 bits per heavy atom. The standard InChI is InChI=1S/C18H24N2O5S/c21-17(13-25-18(22)12-15-6-11-26(23,24)14-15)20-9-7-19(8-10-20)16-4-2-1-3-5-16/h1-5,15H,6-14H2/t15-/m0/s1. The topological polar surface area (TPSA) is 84.0 Å². The summed E-state index contributed by atoms with van der Waals surface area (Å²) in [7, 11) is -3.01. The fourth-order valence-electron chi connectivity index (χ4n) is 3.41. The Morgan fingerprint density at radius 1 is 1.08 bits per heavy atom. The molecule has 2 aliphatic rings. The van der Waals surface area contributed by atoms with E-state index in [4.69, 9.17) is 4.74 Å². The lowest BCUT2D eigenvalue weighted by Crippen LogP contribution is -2.49. The highest BCUT2D eigenvalue weighted by Crippen LogP contribution is 2.22. The van der Waals surface area contributed by atoms with Gasteiger partial charge in [-0.3, -0.25) is 9.59 Å². The lowest BCUT2D eigenvalue weighted by Gasteiger charge is -2.36. The molecule has 1 amide bonds. The molecule has 7 nitrogen and oxygen atoms in total. The van der Waals surface area contributed by atoms with Gasteiger partial charge in [0.05, 0.1) is 11.5 Å². The molecule has 1 aromatic rings. The van der Waals surface area contributed by atoms with Crippen molar-refractivity contribution in [2.24, 2.45) is 5.92 Å². The molecule has 2 heterocycles. The van der Waals surface area contributed by atoms with Crippen LogP contribution in [0.1, 0.15) is 12.8 Å². The average molecular weight is 380 g/mol. The van der Waals surface area contributed by atoms with Gasteiger partial charge in [-0.2, -0.15) is 0 Å². The molecule has 0 N–H and O–H groups in total. The molecule has 142 valence electrons. The first kappa shape index (κ1) is 18.7. The van der Waals surface area contributed by atoms with Gasteiger partial charge in [0.2, 0.25) is 0 Å². The molecule has 0 saturated carbocycles. The number of benzene rings is 1. The SMILES string of the molecule is O=C(C[C@@H]1CCS(=O)(=O)C1)OCC(=O)N1CCN(c2ccccc2)CC1. The van der Waals surface area contributed by atoms with Crippen LogP contribution in [0, 0.1) is 5.92 Å². The maximum absolute atomic E-state index is 12.2. The Hall–Kier alpha value is -2.09. The van der Waals surface area contributed by atoms with Crippen LogP contribution < -0.4 is 4.90 Å². The van der Waals surface area contributed by atoms with E-state index in [2.05, 4.69) is 4.90 Å². The number of anilines is 1. The third-order valence-corrected chi connectivity index (χ3v) is 6.73. The maximum atomic E-state index is 12.2. The van der Waals surface area contributed by atoms with Crippen molar-refractivity contribution >= 4 is 27.4 Å². The van der Waals surface area contributed by atoms with Crippen LogP contribution in [0.2, 0.25) is 0 Å². The number of sulfone groups is 1. The molecule has 1 atom stereocenters. The Labute approximate surface area is 153 Å². The van der Waals surface area contributed by atoms with Crippen LogP contribution in [-0.4, -0.2) is 69.5 Å². The van der Waals surface area contributed by atoms with Gasteiger partial charge in [0, 0.05) is 38.3 Å². The summed E-state index contributed by atoms with van der Waals surface area (Å²) in [5.74, 6) is -0.710. The predicted octanol–water partition coefficient (Wildman–Crippen LogP) is 0.703. The number of nitrogens with zero attached hydrogens (tertiary/aromatic N) is 2. The van der Waals surface area contributed by atoms with E-state index < -0.39 is 15.8 Å². The van der Waals surface area contributed by atoms with Crippen molar-refractivity contribution in [3.8, 4) is 0 Å². The van der Waals surface area contributed by atoms with E-state index in [1.807, 2.05) is 30.3 Å². The predicted molar refractivity (Wildman–Crippen MR) is 97.6 cm³/mol. The molecular weight excluding hydrogens is 356 g/mol. The summed E-state index contributed by atoms with van der Waals surface area (Å²) in [6.45, 7) is 2.38. The van der Waals surface area contributed by atoms with E-state index in [9.17, 15) is 18.0 Å². The van der Waals surface area contributed by atoms with Gasteiger partial charge in [-0.15, -0.1) is 0 Å². The number of carbonyl (C=O) groups is 2. The molecule has 0 bridgehead atoms. The third-order valence-electron chi connectivity index (χ3n) is 4.89. The highest BCUT2D eigenvalue weighted by atomic mass is 32.2. The Kier molecular flexibility index (Phi) is 5.80. The number of esters is 1. The van der Waals surface area contributed by atoms with E-state index in [1.165, 1.54) is 0 Å². The van der Waals surface area contributed by atoms with E-state index >= 15 is 0 Å². The second-order valence-electron chi connectivity index (χ2n) is 6.84. The Balaban J connectivity index is 1.38. The highest BCUT2D eigenvalue weighted by molar-refractivity contribution is 7.91. The number of piperazine rings is 1. The summed E-state index contributed by atoms with van der Waals surface area (Å²) in [6, 6.07) is 10.0. The summed E-state index contributed by atoms with van der Waals surface area (Å²) in [5, 5.41) is 0. The summed E-state index contributed by atoms with van der Waals surface area (Å²) < 4.78 is 27.9. The molecule has 3 rings (SSSR count). The summed E-state index contributed by atoms with van der Waals surface area (Å²) in [6.07, 6.45) is 0.557. The Bertz CT molecular complexity index is 742. The normalized spacial score (nSPS) is 22.2. The van der Waals surface area contributed by atoms with Gasteiger partial charge in [0.1, 0.15) is 0 Å². The fraction of sp³-hybridized carbons (Fsp3) is 0.556. The second-order valence-corrected chi connectivity index (χ2v) is 9.07. The number of rotatable bonds is 5. The quantitative estimate of drug-likeness (QED) is 0.700. The summed E-state index contributed by atoms with van der Waals surface area (Å²) in [4.78, 5) is 28.0. The van der Waals surface area contributed by atoms with Crippen molar-refractivity contribution in [2.45, 2.75) is 12.8 Å². The first-order chi connectivity index (χ1) is 12.4. The van der Waals surface area contributed by atoms with Crippen molar-refractivity contribution < 1.29 is 22.7 Å². The van der Waals surface area contributed by atoms with Crippen molar-refractivity contribution in [2.75, 3.05) is 49.2 Å². The lowest BCUT2D eigenvalue weighted by molar-refractivity contribution is -0.152. The second kappa shape index (κ2) is 8.07. The zero-order valence-electron chi connectivity index (χ0n) is 14.7. The Morgan fingerprint density at radius 2 is 1.77 bits per heavy atom. The largest absolute Gasteiger partial charge is 0.456 e. The number of para-hydroxylation sites is 1. The van der Waals surface area contributed by atoms with Crippen LogP contribution in [0.4, 0.5) is 5.69 Å². The van der Waals surface area contributed by atoms with Crippen molar-refractivity contribution in [3.63, 3.8) is 0 Å². The van der Waals surface area contributed by atoms with Gasteiger partial charge >= 0.3 is 5.97 Å². The number of amides is 1. The first-order valence-corrected chi connectivity index (χ1v) is 10.7. The fourth-order valence-corrected chi connectivity index (χ4v) is 5.28. The van der Waals surface area contributed by atoms with E-state index in [-0.39, 0.29) is 36.4 Å². The molecule has 2 aliphatic heterocycles. The minimum absolute atomic E-state index is 0.0392. The molecule has 0 aliphatic carbocycles. The zero-order valence-corrected chi connectivity index (χ0v) is 15.5. The minimum atomic E-state index is -3.01. The molecule has 0 spiro atoms. The van der Waals surface area contributed by atoms with Crippen LogP contribution in [0.15, 0.2) is 30.3 Å². The van der Waals surface area contributed by atoms with Gasteiger partial charge in [-0.25, -0.2) is 8.42 Å². The number of carbonyl (C=O) groups excluding carboxylic acids is 2. The molecular formula is C18H24N2O5S. The smallest absolute Gasteiger partial charge is 0.306 e. The van der Waals surface area contributed by atoms with Gasteiger partial charge in [-0.1, -0.05) is 18.2 Å². The lowest BCUT2D eigenvalue weighted by atomic mass is 10.1. The van der Waals surface area contributed by atoms with E-state index in [0.29, 0.717) is 19.5 Å². The van der Waals surface area contributed by atoms with Crippen LogP contribution in [0.25, 0.3) is 0 Å². The van der Waals surface area contributed by atoms with Crippen LogP contribution in [0.5, 0.6) is 0 Å². The van der Waals surface area contributed by atoms with E-state index in [1.54, 1.807) is 4.90 Å².